The summed E-state index contributed by atoms with van der Waals surface area (Å²) in [4.78, 5) is 40.1. The van der Waals surface area contributed by atoms with Gasteiger partial charge in [-0.15, -0.1) is 0 Å². The Morgan fingerprint density at radius 1 is 1.18 bits per heavy atom. The van der Waals surface area contributed by atoms with Crippen molar-refractivity contribution in [2.45, 2.75) is 26.9 Å². The fourth-order valence-electron chi connectivity index (χ4n) is 3.17. The number of hydrogen-bond donors (Lipinski definition) is 0. The number of ether oxygens (including phenoxy) is 2. The second-order valence-electron chi connectivity index (χ2n) is 7.14. The van der Waals surface area contributed by atoms with Gasteiger partial charge in [-0.2, -0.15) is 0 Å². The Morgan fingerprint density at radius 2 is 1.89 bits per heavy atom. The lowest BCUT2D eigenvalue weighted by Gasteiger charge is -2.24. The number of nitrogens with zero attached hydrogens (tertiary/aromatic N) is 1. The molecule has 0 aliphatic carbocycles. The number of fused-ring (bicyclic) bond motifs is 1. The Balaban J connectivity index is 2.00. The Hall–Kier alpha value is -3.15. The number of carbonyl (C=O) groups excluding carboxylic acids is 3. The van der Waals surface area contributed by atoms with Gasteiger partial charge in [0.25, 0.3) is 11.8 Å². The Labute approximate surface area is 164 Å². The summed E-state index contributed by atoms with van der Waals surface area (Å²) in [5.74, 6) is -0.841. The van der Waals surface area contributed by atoms with Gasteiger partial charge in [-0.1, -0.05) is 37.6 Å². The molecule has 2 amide bonds. The smallest absolute Gasteiger partial charge is 0.271 e. The lowest BCUT2D eigenvalue weighted by atomic mass is 10.0. The number of hydrogen-bond acceptors (Lipinski definition) is 5. The van der Waals surface area contributed by atoms with E-state index in [9.17, 15) is 14.4 Å². The van der Waals surface area contributed by atoms with Crippen LogP contribution in [0.15, 0.2) is 42.5 Å². The molecule has 0 spiro atoms. The van der Waals surface area contributed by atoms with Gasteiger partial charge in [-0.05, 0) is 37.1 Å². The van der Waals surface area contributed by atoms with E-state index < -0.39 is 17.9 Å². The number of carbonyl (C=O) groups is 3. The highest BCUT2D eigenvalue weighted by molar-refractivity contribution is 6.12. The molecule has 0 saturated heterocycles. The van der Waals surface area contributed by atoms with Crippen molar-refractivity contribution < 1.29 is 23.9 Å². The Morgan fingerprint density at radius 3 is 2.57 bits per heavy atom. The fraction of sp³-hybridized carbons (Fsp3) is 0.318. The molecule has 1 aliphatic rings. The first-order valence-electron chi connectivity index (χ1n) is 9.12. The van der Waals surface area contributed by atoms with E-state index >= 15 is 0 Å². The molecule has 146 valence electrons. The van der Waals surface area contributed by atoms with E-state index in [1.54, 1.807) is 36.4 Å². The summed E-state index contributed by atoms with van der Waals surface area (Å²) in [6, 6.07) is 11.9. The molecule has 1 unspecified atom stereocenters. The van der Waals surface area contributed by atoms with Crippen molar-refractivity contribution in [1.29, 1.82) is 0 Å². The highest BCUT2D eigenvalue weighted by atomic mass is 16.5. The molecule has 1 atom stereocenters. The second kappa shape index (κ2) is 7.84. The third kappa shape index (κ3) is 3.63. The van der Waals surface area contributed by atoms with Gasteiger partial charge in [0, 0.05) is 0 Å². The number of rotatable bonds is 5. The first-order valence-corrected chi connectivity index (χ1v) is 9.12. The second-order valence-corrected chi connectivity index (χ2v) is 7.14. The molecule has 0 bridgehead atoms. The summed E-state index contributed by atoms with van der Waals surface area (Å²) in [7, 11) is 1.47. The first kappa shape index (κ1) is 19.6. The summed E-state index contributed by atoms with van der Waals surface area (Å²) in [5.41, 5.74) is 1.48. The summed E-state index contributed by atoms with van der Waals surface area (Å²) in [6.45, 7) is 5.16. The van der Waals surface area contributed by atoms with Gasteiger partial charge in [0.1, 0.15) is 11.5 Å². The zero-order chi connectivity index (χ0) is 20.4. The van der Waals surface area contributed by atoms with E-state index in [1.807, 2.05) is 26.8 Å². The van der Waals surface area contributed by atoms with E-state index in [1.165, 1.54) is 7.11 Å². The van der Waals surface area contributed by atoms with Crippen LogP contribution >= 0.6 is 0 Å². The number of para-hydroxylation sites is 1. The van der Waals surface area contributed by atoms with Crippen molar-refractivity contribution in [1.82, 2.24) is 4.90 Å². The summed E-state index contributed by atoms with van der Waals surface area (Å²) < 4.78 is 11.1. The standard InChI is InChI=1S/C22H23NO5/c1-13(2)20-22(26)23(21(25)15-7-5-6-8-19(15)28-20)12-17(24)16-11-14(3)9-10-18(16)27-4/h5-11,13,20H,12H2,1-4H3. The van der Waals surface area contributed by atoms with E-state index in [2.05, 4.69) is 0 Å². The van der Waals surface area contributed by atoms with Gasteiger partial charge in [0.15, 0.2) is 11.9 Å². The predicted octanol–water partition coefficient (Wildman–Crippen LogP) is 3.27. The topological polar surface area (TPSA) is 72.9 Å². The van der Waals surface area contributed by atoms with E-state index in [-0.39, 0.29) is 23.8 Å². The van der Waals surface area contributed by atoms with Crippen molar-refractivity contribution >= 4 is 17.6 Å². The van der Waals surface area contributed by atoms with Crippen LogP contribution in [0.3, 0.4) is 0 Å². The monoisotopic (exact) mass is 381 g/mol. The minimum Gasteiger partial charge on any atom is -0.496 e. The minimum absolute atomic E-state index is 0.169. The van der Waals surface area contributed by atoms with Crippen molar-refractivity contribution in [3.05, 3.63) is 59.2 Å². The SMILES string of the molecule is COc1ccc(C)cc1C(=O)CN1C(=O)c2ccccc2OC(C(C)C)C1=O. The maximum absolute atomic E-state index is 13.1. The lowest BCUT2D eigenvalue weighted by Crippen LogP contribution is -2.47. The Bertz CT molecular complexity index is 934. The summed E-state index contributed by atoms with van der Waals surface area (Å²) >= 11 is 0. The number of Topliss-reactive ketones (excluding diaryl/α,β-unsaturated/α-hetero) is 1. The highest BCUT2D eigenvalue weighted by Crippen LogP contribution is 2.28. The van der Waals surface area contributed by atoms with Crippen molar-refractivity contribution in [3.63, 3.8) is 0 Å². The van der Waals surface area contributed by atoms with Crippen LogP contribution in [0.1, 0.15) is 40.1 Å². The normalized spacial score (nSPS) is 16.5. The molecule has 6 nitrogen and oxygen atoms in total. The molecule has 0 saturated carbocycles. The van der Waals surface area contributed by atoms with Gasteiger partial charge < -0.3 is 9.47 Å². The van der Waals surface area contributed by atoms with Crippen LogP contribution < -0.4 is 9.47 Å². The van der Waals surface area contributed by atoms with Gasteiger partial charge >= 0.3 is 0 Å². The van der Waals surface area contributed by atoms with Crippen LogP contribution in [0.25, 0.3) is 0 Å². The number of methoxy groups -OCH3 is 1. The van der Waals surface area contributed by atoms with E-state index in [0.717, 1.165) is 10.5 Å². The molecule has 0 aromatic heterocycles. The molecule has 2 aromatic carbocycles. The molecule has 1 heterocycles. The fourth-order valence-corrected chi connectivity index (χ4v) is 3.17. The van der Waals surface area contributed by atoms with Gasteiger partial charge in [-0.3, -0.25) is 19.3 Å². The largest absolute Gasteiger partial charge is 0.496 e. The molecule has 0 fully saturated rings. The Kier molecular flexibility index (Phi) is 5.49. The molecule has 2 aromatic rings. The van der Waals surface area contributed by atoms with Crippen LogP contribution in [0.4, 0.5) is 0 Å². The maximum atomic E-state index is 13.1. The van der Waals surface area contributed by atoms with Crippen molar-refractivity contribution in [3.8, 4) is 11.5 Å². The zero-order valence-corrected chi connectivity index (χ0v) is 16.4. The van der Waals surface area contributed by atoms with Gasteiger partial charge in [0.2, 0.25) is 0 Å². The molecule has 1 aliphatic heterocycles. The minimum atomic E-state index is -0.847. The zero-order valence-electron chi connectivity index (χ0n) is 16.4. The highest BCUT2D eigenvalue weighted by Gasteiger charge is 2.39. The molecule has 0 radical (unpaired) electrons. The van der Waals surface area contributed by atoms with E-state index in [0.29, 0.717) is 17.1 Å². The molecule has 0 N–H and O–H groups in total. The summed E-state index contributed by atoms with van der Waals surface area (Å²) in [6.07, 6.45) is -0.847. The molecule has 6 heteroatoms. The number of amides is 2. The number of benzene rings is 2. The lowest BCUT2D eigenvalue weighted by molar-refractivity contribution is -0.136. The van der Waals surface area contributed by atoms with Crippen molar-refractivity contribution in [2.24, 2.45) is 5.92 Å². The average molecular weight is 381 g/mol. The maximum Gasteiger partial charge on any atom is 0.271 e. The van der Waals surface area contributed by atoms with Crippen LogP contribution in [0, 0.1) is 12.8 Å². The molecule has 28 heavy (non-hydrogen) atoms. The van der Waals surface area contributed by atoms with Crippen LogP contribution in [0.2, 0.25) is 0 Å². The average Bonchev–Trinajstić information content (AvgIpc) is 2.78. The number of imide groups is 1. The van der Waals surface area contributed by atoms with Crippen LogP contribution in [-0.4, -0.2) is 42.3 Å². The summed E-state index contributed by atoms with van der Waals surface area (Å²) in [5, 5.41) is 0. The number of aryl methyl sites for hydroxylation is 1. The van der Waals surface area contributed by atoms with E-state index in [4.69, 9.17) is 9.47 Å². The van der Waals surface area contributed by atoms with Crippen LogP contribution in [-0.2, 0) is 4.79 Å². The van der Waals surface area contributed by atoms with Gasteiger partial charge in [0.05, 0.1) is 24.8 Å². The third-order valence-corrected chi connectivity index (χ3v) is 4.69. The molecule has 3 rings (SSSR count). The van der Waals surface area contributed by atoms with Crippen molar-refractivity contribution in [2.75, 3.05) is 13.7 Å². The third-order valence-electron chi connectivity index (χ3n) is 4.69. The predicted molar refractivity (Wildman–Crippen MR) is 104 cm³/mol. The number of ketones is 1. The molecular weight excluding hydrogens is 358 g/mol. The molecular formula is C22H23NO5. The van der Waals surface area contributed by atoms with Crippen LogP contribution in [0.5, 0.6) is 11.5 Å². The van der Waals surface area contributed by atoms with Gasteiger partial charge in [-0.25, -0.2) is 0 Å². The quantitative estimate of drug-likeness (QED) is 0.587. The first-order chi connectivity index (χ1) is 13.3.